The summed E-state index contributed by atoms with van der Waals surface area (Å²) in [6.07, 6.45) is 0.140. The minimum absolute atomic E-state index is 0.0339. The second-order valence-electron chi connectivity index (χ2n) is 11.1. The quantitative estimate of drug-likeness (QED) is 0.431. The number of benzene rings is 2. The van der Waals surface area contributed by atoms with Crippen LogP contribution in [0.25, 0.3) is 0 Å². The summed E-state index contributed by atoms with van der Waals surface area (Å²) in [6.45, 7) is 2.25. The van der Waals surface area contributed by atoms with Crippen LogP contribution in [0.15, 0.2) is 66.9 Å². The van der Waals surface area contributed by atoms with Gasteiger partial charge in [-0.15, -0.1) is 0 Å². The summed E-state index contributed by atoms with van der Waals surface area (Å²) in [6, 6.07) is 12.5. The number of hydrogen-bond donors (Lipinski definition) is 1. The molecule has 3 aromatic rings. The number of nitriles is 1. The Kier molecular flexibility index (Phi) is 8.59. The van der Waals surface area contributed by atoms with Gasteiger partial charge < -0.3 is 10.2 Å². The highest BCUT2D eigenvalue weighted by molar-refractivity contribution is 6.10. The van der Waals surface area contributed by atoms with E-state index in [0.29, 0.717) is 11.1 Å². The third kappa shape index (κ3) is 6.50. The summed E-state index contributed by atoms with van der Waals surface area (Å²) >= 11 is 0. The van der Waals surface area contributed by atoms with Crippen molar-refractivity contribution in [2.24, 2.45) is 0 Å². The van der Waals surface area contributed by atoms with Crippen LogP contribution in [-0.4, -0.2) is 64.6 Å². The lowest BCUT2D eigenvalue weighted by molar-refractivity contribution is -0.139. The molecule has 1 aliphatic carbocycles. The maximum atomic E-state index is 14.8. The van der Waals surface area contributed by atoms with Gasteiger partial charge in [-0.3, -0.25) is 29.0 Å². The molecular weight excluding hydrogens is 589 g/mol. The molecule has 1 aromatic heterocycles. The monoisotopic (exact) mass is 618 g/mol. The molecule has 232 valence electrons. The molecule has 4 amide bonds. The van der Waals surface area contributed by atoms with Crippen LogP contribution in [0.5, 0.6) is 0 Å². The van der Waals surface area contributed by atoms with Crippen LogP contribution in [0.2, 0.25) is 0 Å². The average molecular weight is 619 g/mol. The number of hydrogen-bond acceptors (Lipinski definition) is 6. The molecule has 5 rings (SSSR count). The SMILES string of the molecule is CC(=O)N1CC(=O)N(c2cc(C#N)ccn2)C(C(=O)N(c2cccc(F)c2)C(C(=O)NC2CC(F)(F)C2)c2ccccc2C)C1. The highest BCUT2D eigenvalue weighted by Crippen LogP contribution is 2.39. The predicted octanol–water partition coefficient (Wildman–Crippen LogP) is 3.65. The zero-order valence-electron chi connectivity index (χ0n) is 24.4. The average Bonchev–Trinajstić information content (AvgIpc) is 2.98. The maximum Gasteiger partial charge on any atom is 0.253 e. The summed E-state index contributed by atoms with van der Waals surface area (Å²) in [5, 5.41) is 12.1. The van der Waals surface area contributed by atoms with E-state index in [-0.39, 0.29) is 30.2 Å². The van der Waals surface area contributed by atoms with E-state index in [1.54, 1.807) is 31.2 Å². The van der Waals surface area contributed by atoms with Crippen molar-refractivity contribution in [3.63, 3.8) is 0 Å². The summed E-state index contributed by atoms with van der Waals surface area (Å²) < 4.78 is 42.1. The van der Waals surface area contributed by atoms with Crippen LogP contribution in [0.3, 0.4) is 0 Å². The van der Waals surface area contributed by atoms with Crippen LogP contribution in [0.4, 0.5) is 24.7 Å². The van der Waals surface area contributed by atoms with E-state index in [4.69, 9.17) is 0 Å². The summed E-state index contributed by atoms with van der Waals surface area (Å²) in [4.78, 5) is 62.3. The van der Waals surface area contributed by atoms with E-state index < -0.39 is 66.3 Å². The first-order chi connectivity index (χ1) is 21.4. The number of piperazine rings is 1. The van der Waals surface area contributed by atoms with E-state index in [0.717, 1.165) is 21.9 Å². The van der Waals surface area contributed by atoms with E-state index in [1.807, 2.05) is 6.07 Å². The van der Waals surface area contributed by atoms with Gasteiger partial charge in [-0.2, -0.15) is 5.26 Å². The molecule has 1 aliphatic heterocycles. The lowest BCUT2D eigenvalue weighted by Crippen LogP contribution is -2.64. The number of carbonyl (C=O) groups is 4. The van der Waals surface area contributed by atoms with Gasteiger partial charge in [0.2, 0.25) is 17.7 Å². The topological polar surface area (TPSA) is 127 Å². The molecule has 2 aromatic carbocycles. The smallest absolute Gasteiger partial charge is 0.253 e. The number of carbonyl (C=O) groups excluding carboxylic acids is 4. The summed E-state index contributed by atoms with van der Waals surface area (Å²) in [7, 11) is 0. The zero-order chi connectivity index (χ0) is 32.5. The lowest BCUT2D eigenvalue weighted by Gasteiger charge is -2.43. The number of nitrogens with one attached hydrogen (secondary N) is 1. The van der Waals surface area contributed by atoms with Crippen LogP contribution >= 0.6 is 0 Å². The standard InChI is InChI=1S/C32H29F3N6O4/c1-19-6-3-4-9-25(19)29(30(44)38-23-14-32(34,35)15-23)40(24-8-5-7-22(33)13-24)31(45)26-17-39(20(2)42)18-28(43)41(26)27-12-21(16-36)10-11-37-27/h3-13,23,26,29H,14-15,17-18H2,1-2H3,(H,38,44). The molecule has 13 heteroatoms. The van der Waals surface area contributed by atoms with Gasteiger partial charge in [-0.1, -0.05) is 30.3 Å². The van der Waals surface area contributed by atoms with Crippen molar-refractivity contribution >= 4 is 35.1 Å². The highest BCUT2D eigenvalue weighted by Gasteiger charge is 2.49. The van der Waals surface area contributed by atoms with Gasteiger partial charge in [0.25, 0.3) is 11.8 Å². The molecule has 0 radical (unpaired) electrons. The number of aromatic nitrogens is 1. The van der Waals surface area contributed by atoms with Crippen molar-refractivity contribution in [2.45, 2.75) is 50.7 Å². The third-order valence-electron chi connectivity index (χ3n) is 7.90. The number of rotatable bonds is 7. The fourth-order valence-electron chi connectivity index (χ4n) is 5.63. The summed E-state index contributed by atoms with van der Waals surface area (Å²) in [5.41, 5.74) is 1.02. The molecule has 2 unspecified atom stereocenters. The molecule has 2 aliphatic rings. The number of anilines is 2. The van der Waals surface area contributed by atoms with Crippen molar-refractivity contribution in [3.05, 3.63) is 89.4 Å². The molecule has 2 fully saturated rings. The largest absolute Gasteiger partial charge is 0.351 e. The predicted molar refractivity (Wildman–Crippen MR) is 156 cm³/mol. The van der Waals surface area contributed by atoms with Crippen molar-refractivity contribution in [2.75, 3.05) is 22.9 Å². The van der Waals surface area contributed by atoms with E-state index in [9.17, 15) is 37.6 Å². The zero-order valence-corrected chi connectivity index (χ0v) is 24.4. The Balaban J connectivity index is 1.66. The van der Waals surface area contributed by atoms with Crippen molar-refractivity contribution < 1.29 is 32.3 Å². The third-order valence-corrected chi connectivity index (χ3v) is 7.90. The van der Waals surface area contributed by atoms with Crippen LogP contribution in [0.1, 0.15) is 42.5 Å². The van der Waals surface area contributed by atoms with Crippen LogP contribution < -0.4 is 15.1 Å². The first kappa shape index (κ1) is 31.2. The normalized spacial score (nSPS) is 18.4. The Bertz CT molecular complexity index is 1700. The Morgan fingerprint density at radius 3 is 2.49 bits per heavy atom. The number of aryl methyl sites for hydroxylation is 1. The lowest BCUT2D eigenvalue weighted by atomic mass is 9.87. The molecule has 45 heavy (non-hydrogen) atoms. The molecule has 1 saturated carbocycles. The van der Waals surface area contributed by atoms with Gasteiger partial charge in [-0.25, -0.2) is 18.2 Å². The number of amides is 4. The molecule has 0 spiro atoms. The molecule has 0 bridgehead atoms. The molecule has 1 saturated heterocycles. The van der Waals surface area contributed by atoms with Gasteiger partial charge in [0, 0.05) is 37.7 Å². The summed E-state index contributed by atoms with van der Waals surface area (Å²) in [5.74, 6) is -6.51. The first-order valence-corrected chi connectivity index (χ1v) is 14.1. The Morgan fingerprint density at radius 1 is 1.11 bits per heavy atom. The molecule has 2 atom stereocenters. The minimum Gasteiger partial charge on any atom is -0.351 e. The fraction of sp³-hybridized carbons (Fsp3) is 0.312. The van der Waals surface area contributed by atoms with Crippen molar-refractivity contribution in [1.29, 1.82) is 5.26 Å². The van der Waals surface area contributed by atoms with E-state index in [1.165, 1.54) is 42.3 Å². The van der Waals surface area contributed by atoms with Gasteiger partial charge in [0.05, 0.1) is 18.2 Å². The molecule has 10 nitrogen and oxygen atoms in total. The fourth-order valence-corrected chi connectivity index (χ4v) is 5.63. The van der Waals surface area contributed by atoms with E-state index in [2.05, 4.69) is 10.3 Å². The Hall–Kier alpha value is -5.25. The number of nitrogens with zero attached hydrogens (tertiary/aromatic N) is 5. The Morgan fingerprint density at radius 2 is 1.84 bits per heavy atom. The molecule has 1 N–H and O–H groups in total. The highest BCUT2D eigenvalue weighted by atomic mass is 19.3. The number of halogens is 3. The first-order valence-electron chi connectivity index (χ1n) is 14.1. The Labute approximate surface area is 257 Å². The number of alkyl halides is 2. The molecular formula is C32H29F3N6O4. The maximum absolute atomic E-state index is 14.8. The van der Waals surface area contributed by atoms with Gasteiger partial charge in [-0.05, 0) is 48.4 Å². The van der Waals surface area contributed by atoms with Gasteiger partial charge in [0.1, 0.15) is 30.3 Å². The van der Waals surface area contributed by atoms with E-state index >= 15 is 0 Å². The van der Waals surface area contributed by atoms with Crippen molar-refractivity contribution in [3.8, 4) is 6.07 Å². The second kappa shape index (κ2) is 12.4. The minimum atomic E-state index is -2.93. The second-order valence-corrected chi connectivity index (χ2v) is 11.1. The molecule has 2 heterocycles. The van der Waals surface area contributed by atoms with Crippen LogP contribution in [-0.2, 0) is 19.2 Å². The van der Waals surface area contributed by atoms with Crippen LogP contribution in [0, 0.1) is 24.1 Å². The number of pyridine rings is 1. The van der Waals surface area contributed by atoms with Gasteiger partial charge >= 0.3 is 0 Å². The van der Waals surface area contributed by atoms with Gasteiger partial charge in [0.15, 0.2) is 0 Å². The van der Waals surface area contributed by atoms with Crippen molar-refractivity contribution in [1.82, 2.24) is 15.2 Å².